The number of urea groups is 1. The number of rotatable bonds is 2. The van der Waals surface area contributed by atoms with Crippen LogP contribution < -0.4 is 27.0 Å². The quantitative estimate of drug-likeness (QED) is 0.672. The van der Waals surface area contributed by atoms with Crippen molar-refractivity contribution in [3.63, 3.8) is 0 Å². The Morgan fingerprint density at radius 3 is 2.74 bits per heavy atom. The minimum atomic E-state index is -1.86. The van der Waals surface area contributed by atoms with Crippen LogP contribution in [0.5, 0.6) is 5.75 Å². The molecule has 0 fully saturated rings. The number of nitrogens with one attached hydrogen (secondary N) is 1. The number of ether oxygens (including phenoxy) is 1. The molecule has 8 heteroatoms. The molecular formula is C11H14FN3O4. The highest BCUT2D eigenvalue weighted by Gasteiger charge is 2.40. The van der Waals surface area contributed by atoms with Crippen molar-refractivity contribution in [1.29, 1.82) is 0 Å². The molecule has 0 aromatic heterocycles. The first-order valence-corrected chi connectivity index (χ1v) is 5.17. The number of carboxylic acids is 1. The molecule has 1 aromatic rings. The second-order valence-electron chi connectivity index (χ2n) is 3.92. The molecule has 0 saturated carbocycles. The van der Waals surface area contributed by atoms with Crippen molar-refractivity contribution in [2.75, 3.05) is 6.61 Å². The lowest BCUT2D eigenvalue weighted by molar-refractivity contribution is -0.315. The van der Waals surface area contributed by atoms with Crippen molar-refractivity contribution < 1.29 is 23.8 Å². The number of benzene rings is 1. The predicted molar refractivity (Wildman–Crippen MR) is 61.9 cm³/mol. The van der Waals surface area contributed by atoms with Crippen LogP contribution >= 0.6 is 0 Å². The van der Waals surface area contributed by atoms with E-state index in [0.29, 0.717) is 0 Å². The third-order valence-corrected chi connectivity index (χ3v) is 2.82. The molecule has 2 amide bonds. The van der Waals surface area contributed by atoms with E-state index in [1.54, 1.807) is 0 Å². The van der Waals surface area contributed by atoms with Crippen molar-refractivity contribution in [2.24, 2.45) is 5.73 Å². The van der Waals surface area contributed by atoms with Gasteiger partial charge in [0.15, 0.2) is 0 Å². The summed E-state index contributed by atoms with van der Waals surface area (Å²) in [5.74, 6) is -2.02. The summed E-state index contributed by atoms with van der Waals surface area (Å²) in [7, 11) is 0. The minimum absolute atomic E-state index is 0. The summed E-state index contributed by atoms with van der Waals surface area (Å²) in [6.07, 6.45) is -0.0886. The third-order valence-electron chi connectivity index (χ3n) is 2.82. The Morgan fingerprint density at radius 1 is 1.47 bits per heavy atom. The van der Waals surface area contributed by atoms with E-state index in [0.717, 1.165) is 12.1 Å². The molecule has 7 nitrogen and oxygen atoms in total. The molecule has 19 heavy (non-hydrogen) atoms. The van der Waals surface area contributed by atoms with Crippen LogP contribution in [0.15, 0.2) is 18.2 Å². The minimum Gasteiger partial charge on any atom is -0.547 e. The monoisotopic (exact) mass is 271 g/mol. The molecular weight excluding hydrogens is 257 g/mol. The fourth-order valence-corrected chi connectivity index (χ4v) is 2.01. The fourth-order valence-electron chi connectivity index (χ4n) is 2.01. The van der Waals surface area contributed by atoms with Gasteiger partial charge >= 0.3 is 6.03 Å². The Balaban J connectivity index is 0.00000180. The van der Waals surface area contributed by atoms with Gasteiger partial charge in [0.05, 0.1) is 12.6 Å². The van der Waals surface area contributed by atoms with Gasteiger partial charge in [-0.1, -0.05) is 0 Å². The van der Waals surface area contributed by atoms with Crippen molar-refractivity contribution in [2.45, 2.75) is 12.0 Å². The van der Waals surface area contributed by atoms with Gasteiger partial charge in [0.2, 0.25) is 0 Å². The van der Waals surface area contributed by atoms with Crippen molar-refractivity contribution in [3.05, 3.63) is 29.6 Å². The van der Waals surface area contributed by atoms with E-state index in [2.05, 4.69) is 5.32 Å². The first kappa shape index (κ1) is 14.7. The van der Waals surface area contributed by atoms with Crippen LogP contribution in [0.25, 0.3) is 0 Å². The largest absolute Gasteiger partial charge is 0.547 e. The molecule has 0 aliphatic carbocycles. The van der Waals surface area contributed by atoms with Gasteiger partial charge in [-0.25, -0.2) is 9.18 Å². The maximum absolute atomic E-state index is 13.2. The Kier molecular flexibility index (Phi) is 3.95. The zero-order valence-electron chi connectivity index (χ0n) is 10.2. The van der Waals surface area contributed by atoms with E-state index in [4.69, 9.17) is 10.5 Å². The van der Waals surface area contributed by atoms with Gasteiger partial charge in [0.25, 0.3) is 0 Å². The molecule has 0 unspecified atom stereocenters. The third kappa shape index (κ3) is 2.43. The Labute approximate surface area is 108 Å². The second-order valence-corrected chi connectivity index (χ2v) is 3.92. The fraction of sp³-hybridized carbons (Fsp3) is 0.273. The predicted octanol–water partition coefficient (Wildman–Crippen LogP) is -0.402. The normalized spacial score (nSPS) is 20.5. The molecule has 1 aliphatic rings. The molecule has 0 radical (unpaired) electrons. The van der Waals surface area contributed by atoms with E-state index in [1.807, 2.05) is 0 Å². The topological polar surface area (TPSA) is 141 Å². The Bertz CT molecular complexity index is 523. The van der Waals surface area contributed by atoms with Gasteiger partial charge in [-0.2, -0.15) is 0 Å². The van der Waals surface area contributed by atoms with Gasteiger partial charge in [-0.15, -0.1) is 0 Å². The number of hydrogen-bond donors (Lipinski definition) is 3. The van der Waals surface area contributed by atoms with E-state index in [9.17, 15) is 19.1 Å². The molecule has 2 rings (SSSR count). The SMILES string of the molecule is NC(=O)N[C@@]1(C(=O)[O-])CCOc2ccc(F)cc21.[NH4+]. The zero-order valence-corrected chi connectivity index (χ0v) is 10.2. The van der Waals surface area contributed by atoms with Gasteiger partial charge in [-0.3, -0.25) is 0 Å². The number of carbonyl (C=O) groups excluding carboxylic acids is 2. The standard InChI is InChI=1S/C11H11FN2O4.H3N/c12-6-1-2-8-7(5-6)11(9(15)16,3-4-18-8)14-10(13)17;/h1-2,5H,3-4H2,(H,15,16)(H3,13,14,17);1H3/t11-;/m0./s1. The Hall–Kier alpha value is -2.35. The maximum atomic E-state index is 13.2. The summed E-state index contributed by atoms with van der Waals surface area (Å²) in [5.41, 5.74) is 3.10. The molecule has 104 valence electrons. The van der Waals surface area contributed by atoms with Crippen LogP contribution in [0.1, 0.15) is 12.0 Å². The van der Waals surface area contributed by atoms with E-state index >= 15 is 0 Å². The first-order valence-electron chi connectivity index (χ1n) is 5.17. The Morgan fingerprint density at radius 2 is 2.16 bits per heavy atom. The number of fused-ring (bicyclic) bond motifs is 1. The number of aliphatic carboxylic acids is 1. The van der Waals surface area contributed by atoms with Crippen LogP contribution in [0, 0.1) is 5.82 Å². The number of amides is 2. The molecule has 1 atom stereocenters. The second kappa shape index (κ2) is 5.11. The number of carbonyl (C=O) groups is 2. The van der Waals surface area contributed by atoms with E-state index in [-0.39, 0.29) is 30.5 Å². The molecule has 1 heterocycles. The van der Waals surface area contributed by atoms with Crippen LogP contribution in [0.4, 0.5) is 9.18 Å². The highest BCUT2D eigenvalue weighted by Crippen LogP contribution is 2.37. The summed E-state index contributed by atoms with van der Waals surface area (Å²) in [6, 6.07) is 2.38. The van der Waals surface area contributed by atoms with Crippen LogP contribution in [0.2, 0.25) is 0 Å². The maximum Gasteiger partial charge on any atom is 0.313 e. The molecule has 0 bridgehead atoms. The van der Waals surface area contributed by atoms with Gasteiger partial charge < -0.3 is 31.8 Å². The van der Waals surface area contributed by atoms with Crippen molar-refractivity contribution in [3.8, 4) is 5.75 Å². The number of hydrogen-bond acceptors (Lipinski definition) is 4. The lowest BCUT2D eigenvalue weighted by atomic mass is 9.84. The average Bonchev–Trinajstić information content (AvgIpc) is 2.29. The summed E-state index contributed by atoms with van der Waals surface area (Å²) < 4.78 is 18.4. The van der Waals surface area contributed by atoms with Crippen molar-refractivity contribution >= 4 is 12.0 Å². The van der Waals surface area contributed by atoms with Gasteiger partial charge in [-0.05, 0) is 18.2 Å². The number of primary amides is 1. The van der Waals surface area contributed by atoms with Crippen molar-refractivity contribution in [1.82, 2.24) is 11.5 Å². The average molecular weight is 271 g/mol. The highest BCUT2D eigenvalue weighted by atomic mass is 19.1. The van der Waals surface area contributed by atoms with Crippen LogP contribution in [0.3, 0.4) is 0 Å². The number of carboxylic acid groups (broad SMARTS) is 1. The summed E-state index contributed by atoms with van der Waals surface area (Å²) >= 11 is 0. The lowest BCUT2D eigenvalue weighted by Gasteiger charge is -2.39. The lowest BCUT2D eigenvalue weighted by Crippen LogP contribution is -2.60. The number of nitrogens with two attached hydrogens (primary N) is 1. The van der Waals surface area contributed by atoms with E-state index < -0.39 is 23.4 Å². The first-order chi connectivity index (χ1) is 8.45. The number of halogens is 1. The summed E-state index contributed by atoms with van der Waals surface area (Å²) in [5, 5.41) is 13.4. The molecule has 0 saturated heterocycles. The number of quaternary nitrogens is 1. The molecule has 1 aliphatic heterocycles. The summed E-state index contributed by atoms with van der Waals surface area (Å²) in [4.78, 5) is 22.3. The highest BCUT2D eigenvalue weighted by molar-refractivity contribution is 5.86. The van der Waals surface area contributed by atoms with Crippen LogP contribution in [-0.2, 0) is 10.3 Å². The van der Waals surface area contributed by atoms with E-state index in [1.165, 1.54) is 6.07 Å². The molecule has 7 N–H and O–H groups in total. The molecule has 0 spiro atoms. The smallest absolute Gasteiger partial charge is 0.313 e. The summed E-state index contributed by atoms with van der Waals surface area (Å²) in [6.45, 7) is 0.0485. The zero-order chi connectivity index (χ0) is 13.3. The molecule has 1 aromatic carbocycles. The van der Waals surface area contributed by atoms with Gasteiger partial charge in [0.1, 0.15) is 17.1 Å². The van der Waals surface area contributed by atoms with Crippen LogP contribution in [-0.4, -0.2) is 18.6 Å². The van der Waals surface area contributed by atoms with Gasteiger partial charge in [0, 0.05) is 12.0 Å².